The van der Waals surface area contributed by atoms with Crippen molar-refractivity contribution in [2.75, 3.05) is 5.73 Å². The van der Waals surface area contributed by atoms with Crippen molar-refractivity contribution in [3.8, 4) is 0 Å². The minimum Gasteiger partial charge on any atom is -0.481 e. The van der Waals surface area contributed by atoms with E-state index < -0.39 is 5.97 Å². The number of hydrogen-bond acceptors (Lipinski definition) is 3. The van der Waals surface area contributed by atoms with Crippen LogP contribution < -0.4 is 5.73 Å². The van der Waals surface area contributed by atoms with Crippen molar-refractivity contribution in [1.82, 2.24) is 4.98 Å². The summed E-state index contributed by atoms with van der Waals surface area (Å²) in [6.45, 7) is 0. The molecule has 0 unspecified atom stereocenters. The second kappa shape index (κ2) is 3.40. The molecule has 1 aromatic rings. The van der Waals surface area contributed by atoms with Crippen LogP contribution in [0.2, 0.25) is 5.02 Å². The highest BCUT2D eigenvalue weighted by molar-refractivity contribution is 6.31. The number of hydrogen-bond donors (Lipinski definition) is 2. The summed E-state index contributed by atoms with van der Waals surface area (Å²) in [7, 11) is 0. The van der Waals surface area contributed by atoms with Crippen molar-refractivity contribution in [2.45, 2.75) is 6.42 Å². The molecule has 0 amide bonds. The zero-order chi connectivity index (χ0) is 9.14. The van der Waals surface area contributed by atoms with Gasteiger partial charge in [-0.2, -0.15) is 0 Å². The van der Waals surface area contributed by atoms with Crippen LogP contribution in [0.15, 0.2) is 12.3 Å². The zero-order valence-corrected chi connectivity index (χ0v) is 6.88. The van der Waals surface area contributed by atoms with Gasteiger partial charge < -0.3 is 10.8 Å². The Labute approximate surface area is 74.0 Å². The number of nitrogens with two attached hydrogens (primary N) is 1. The van der Waals surface area contributed by atoms with Gasteiger partial charge in [0, 0.05) is 6.20 Å². The highest BCUT2D eigenvalue weighted by atomic mass is 35.5. The predicted molar refractivity (Wildman–Crippen MR) is 45.0 cm³/mol. The summed E-state index contributed by atoms with van der Waals surface area (Å²) in [6.07, 6.45) is 1.21. The molecule has 0 aliphatic heterocycles. The molecule has 1 aromatic heterocycles. The van der Waals surface area contributed by atoms with E-state index in [9.17, 15) is 4.79 Å². The molecule has 64 valence electrons. The number of rotatable bonds is 2. The Balaban J connectivity index is 2.97. The van der Waals surface area contributed by atoms with Crippen LogP contribution in [0.3, 0.4) is 0 Å². The fraction of sp³-hybridized carbons (Fsp3) is 0.143. The minimum absolute atomic E-state index is 0.133. The lowest BCUT2D eigenvalue weighted by molar-refractivity contribution is -0.136. The van der Waals surface area contributed by atoms with E-state index in [4.69, 9.17) is 22.4 Å². The maximum absolute atomic E-state index is 10.3. The molecule has 0 spiro atoms. The SMILES string of the molecule is Nc1cc(CC(=O)O)c(Cl)cn1. The van der Waals surface area contributed by atoms with E-state index in [0.717, 1.165) is 0 Å². The van der Waals surface area contributed by atoms with E-state index in [2.05, 4.69) is 4.98 Å². The molecule has 0 aromatic carbocycles. The van der Waals surface area contributed by atoms with E-state index in [1.54, 1.807) is 0 Å². The maximum atomic E-state index is 10.3. The van der Waals surface area contributed by atoms with Crippen LogP contribution in [-0.4, -0.2) is 16.1 Å². The second-order valence-electron chi connectivity index (χ2n) is 2.27. The molecule has 0 saturated heterocycles. The molecular formula is C7H7ClN2O2. The van der Waals surface area contributed by atoms with E-state index in [-0.39, 0.29) is 12.2 Å². The largest absolute Gasteiger partial charge is 0.481 e. The van der Waals surface area contributed by atoms with Gasteiger partial charge >= 0.3 is 5.97 Å². The van der Waals surface area contributed by atoms with Crippen LogP contribution in [-0.2, 0) is 11.2 Å². The van der Waals surface area contributed by atoms with Crippen molar-refractivity contribution in [3.05, 3.63) is 22.8 Å². The lowest BCUT2D eigenvalue weighted by atomic mass is 10.2. The van der Waals surface area contributed by atoms with Crippen molar-refractivity contribution >= 4 is 23.4 Å². The Morgan fingerprint density at radius 1 is 1.75 bits per heavy atom. The number of anilines is 1. The quantitative estimate of drug-likeness (QED) is 0.721. The number of carboxylic acids is 1. The van der Waals surface area contributed by atoms with Gasteiger partial charge in [0.2, 0.25) is 0 Å². The van der Waals surface area contributed by atoms with Gasteiger partial charge in [0.15, 0.2) is 0 Å². The fourth-order valence-corrected chi connectivity index (χ4v) is 0.967. The monoisotopic (exact) mass is 186 g/mol. The molecule has 0 aliphatic carbocycles. The van der Waals surface area contributed by atoms with Crippen molar-refractivity contribution in [2.24, 2.45) is 0 Å². The van der Waals surface area contributed by atoms with Crippen molar-refractivity contribution in [1.29, 1.82) is 0 Å². The highest BCUT2D eigenvalue weighted by Crippen LogP contribution is 2.16. The molecule has 4 nitrogen and oxygen atoms in total. The standard InChI is InChI=1S/C7H7ClN2O2/c8-5-3-10-6(9)1-4(5)2-7(11)12/h1,3H,2H2,(H2,9,10)(H,11,12). The average Bonchev–Trinajstić information content (AvgIpc) is 1.96. The topological polar surface area (TPSA) is 76.2 Å². The van der Waals surface area contributed by atoms with E-state index in [1.165, 1.54) is 12.3 Å². The molecule has 0 bridgehead atoms. The van der Waals surface area contributed by atoms with Crippen LogP contribution in [0.4, 0.5) is 5.82 Å². The molecule has 1 heterocycles. The number of aromatic nitrogens is 1. The third-order valence-corrected chi connectivity index (χ3v) is 1.64. The molecule has 0 saturated carbocycles. The molecule has 0 radical (unpaired) electrons. The first-order chi connectivity index (χ1) is 5.59. The summed E-state index contributed by atoms with van der Waals surface area (Å²) in [6, 6.07) is 1.45. The third-order valence-electron chi connectivity index (χ3n) is 1.30. The van der Waals surface area contributed by atoms with Gasteiger partial charge in [-0.25, -0.2) is 4.98 Å². The Bertz CT molecular complexity index is 314. The van der Waals surface area contributed by atoms with Crippen LogP contribution in [0.5, 0.6) is 0 Å². The van der Waals surface area contributed by atoms with Gasteiger partial charge in [-0.1, -0.05) is 11.6 Å². The van der Waals surface area contributed by atoms with Gasteiger partial charge in [0.05, 0.1) is 11.4 Å². The van der Waals surface area contributed by atoms with E-state index in [0.29, 0.717) is 10.6 Å². The first-order valence-corrected chi connectivity index (χ1v) is 3.59. The molecule has 0 aliphatic rings. The van der Waals surface area contributed by atoms with Gasteiger partial charge in [0.1, 0.15) is 5.82 Å². The summed E-state index contributed by atoms with van der Waals surface area (Å²) in [5, 5.41) is 8.79. The number of carbonyl (C=O) groups is 1. The molecule has 3 N–H and O–H groups in total. The molecule has 0 fully saturated rings. The maximum Gasteiger partial charge on any atom is 0.307 e. The van der Waals surface area contributed by atoms with Crippen LogP contribution in [0, 0.1) is 0 Å². The first kappa shape index (κ1) is 8.80. The molecular weight excluding hydrogens is 180 g/mol. The Kier molecular flexibility index (Phi) is 2.50. The normalized spacial score (nSPS) is 9.75. The molecule has 5 heteroatoms. The molecule has 12 heavy (non-hydrogen) atoms. The fourth-order valence-electron chi connectivity index (χ4n) is 0.797. The number of pyridine rings is 1. The first-order valence-electron chi connectivity index (χ1n) is 3.21. The van der Waals surface area contributed by atoms with Gasteiger partial charge in [-0.3, -0.25) is 4.79 Å². The number of carboxylic acid groups (broad SMARTS) is 1. The van der Waals surface area contributed by atoms with Gasteiger partial charge in [-0.05, 0) is 11.6 Å². The molecule has 1 rings (SSSR count). The van der Waals surface area contributed by atoms with E-state index in [1.807, 2.05) is 0 Å². The number of aliphatic carboxylic acids is 1. The van der Waals surface area contributed by atoms with Crippen LogP contribution in [0.25, 0.3) is 0 Å². The van der Waals surface area contributed by atoms with Crippen LogP contribution in [0.1, 0.15) is 5.56 Å². The van der Waals surface area contributed by atoms with Crippen molar-refractivity contribution in [3.63, 3.8) is 0 Å². The van der Waals surface area contributed by atoms with Gasteiger partial charge in [0.25, 0.3) is 0 Å². The van der Waals surface area contributed by atoms with Crippen molar-refractivity contribution < 1.29 is 9.90 Å². The Morgan fingerprint density at radius 3 is 3.00 bits per heavy atom. The lowest BCUT2D eigenvalue weighted by Gasteiger charge is -2.00. The Morgan fingerprint density at radius 2 is 2.42 bits per heavy atom. The zero-order valence-electron chi connectivity index (χ0n) is 6.12. The number of halogens is 1. The lowest BCUT2D eigenvalue weighted by Crippen LogP contribution is -2.02. The number of nitrogen functional groups attached to an aromatic ring is 1. The summed E-state index contributed by atoms with van der Waals surface area (Å²) in [5.74, 6) is -0.668. The average molecular weight is 187 g/mol. The van der Waals surface area contributed by atoms with Crippen LogP contribution >= 0.6 is 11.6 Å². The summed E-state index contributed by atoms with van der Waals surface area (Å²) in [5.41, 5.74) is 5.82. The van der Waals surface area contributed by atoms with Gasteiger partial charge in [-0.15, -0.1) is 0 Å². The van der Waals surface area contributed by atoms with E-state index >= 15 is 0 Å². The summed E-state index contributed by atoms with van der Waals surface area (Å²) >= 11 is 5.66. The second-order valence-corrected chi connectivity index (χ2v) is 2.68. The third kappa shape index (κ3) is 2.10. The summed E-state index contributed by atoms with van der Waals surface area (Å²) in [4.78, 5) is 14.0. The number of nitrogens with zero attached hydrogens (tertiary/aromatic N) is 1. The smallest absolute Gasteiger partial charge is 0.307 e. The molecule has 0 atom stereocenters. The highest BCUT2D eigenvalue weighted by Gasteiger charge is 2.05. The predicted octanol–water partition coefficient (Wildman–Crippen LogP) is 0.944. The minimum atomic E-state index is -0.942. The summed E-state index contributed by atoms with van der Waals surface area (Å²) < 4.78 is 0. The Hall–Kier alpha value is -1.29.